The lowest BCUT2D eigenvalue weighted by atomic mass is 9.79. The summed E-state index contributed by atoms with van der Waals surface area (Å²) in [5, 5.41) is 12.7. The fraction of sp³-hybridized carbons (Fsp3) is 0.240. The summed E-state index contributed by atoms with van der Waals surface area (Å²) in [6, 6.07) is 11.3. The number of amides is 1. The second kappa shape index (κ2) is 8.96. The van der Waals surface area contributed by atoms with Gasteiger partial charge in [-0.25, -0.2) is 4.98 Å². The topological polar surface area (TPSA) is 110 Å². The molecule has 1 aliphatic rings. The molecular formula is C25H24N4O3S. The molecular weight excluding hydrogens is 436 g/mol. The number of methoxy groups -OCH3 is 1. The van der Waals surface area contributed by atoms with Crippen molar-refractivity contribution in [2.24, 2.45) is 5.73 Å². The molecule has 3 N–H and O–H groups in total. The summed E-state index contributed by atoms with van der Waals surface area (Å²) in [6.45, 7) is 6.17. The number of rotatable bonds is 6. The number of pyridine rings is 1. The maximum Gasteiger partial charge on any atom is 0.247 e. The van der Waals surface area contributed by atoms with E-state index in [1.807, 2.05) is 32.9 Å². The molecule has 2 aromatic heterocycles. The lowest BCUT2D eigenvalue weighted by Gasteiger charge is -2.32. The van der Waals surface area contributed by atoms with Crippen LogP contribution in [0.2, 0.25) is 0 Å². The van der Waals surface area contributed by atoms with Gasteiger partial charge in [0, 0.05) is 32.8 Å². The lowest BCUT2D eigenvalue weighted by Crippen LogP contribution is -2.28. The Balaban J connectivity index is 1.91. The van der Waals surface area contributed by atoms with Gasteiger partial charge in [-0.3, -0.25) is 4.79 Å². The number of aryl methyl sites for hydroxylation is 2. The molecule has 8 heteroatoms. The molecule has 1 amide bonds. The minimum atomic E-state index is -0.575. The van der Waals surface area contributed by atoms with E-state index < -0.39 is 11.8 Å². The number of ether oxygens (including phenoxy) is 2. The van der Waals surface area contributed by atoms with Crippen LogP contribution in [0.4, 0.5) is 5.69 Å². The van der Waals surface area contributed by atoms with E-state index in [0.29, 0.717) is 46.2 Å². The molecule has 33 heavy (non-hydrogen) atoms. The third-order valence-electron chi connectivity index (χ3n) is 5.65. The fourth-order valence-corrected chi connectivity index (χ4v) is 4.94. The molecule has 7 nitrogen and oxygen atoms in total. The number of nitrogens with zero attached hydrogens (tertiary/aromatic N) is 2. The number of primary amides is 1. The molecule has 0 radical (unpaired) electrons. The van der Waals surface area contributed by atoms with E-state index in [1.165, 1.54) is 12.0 Å². The standard InChI is InChI=1S/C25H24N4O3S/c1-13-11-28-25(32-12-17-7-5-14(2)33-17)22-21(20(24(27)30)15(3)29-23(13)22)18-8-6-16(10-26)9-19(18)31-4/h5-9,11,21,29H,12H2,1-4H3,(H2,27,30). The molecule has 168 valence electrons. The van der Waals surface area contributed by atoms with Crippen molar-refractivity contribution in [2.75, 3.05) is 12.4 Å². The zero-order valence-corrected chi connectivity index (χ0v) is 19.7. The predicted molar refractivity (Wildman–Crippen MR) is 127 cm³/mol. The van der Waals surface area contributed by atoms with Gasteiger partial charge in [0.05, 0.1) is 35.9 Å². The number of nitriles is 1. The Labute approximate surface area is 196 Å². The van der Waals surface area contributed by atoms with E-state index in [9.17, 15) is 10.1 Å². The number of carbonyl (C=O) groups excluding carboxylic acids is 1. The smallest absolute Gasteiger partial charge is 0.247 e. The molecule has 0 spiro atoms. The highest BCUT2D eigenvalue weighted by atomic mass is 32.1. The number of allylic oxidation sites excluding steroid dienone is 1. The van der Waals surface area contributed by atoms with E-state index in [-0.39, 0.29) is 0 Å². The minimum absolute atomic E-state index is 0.354. The maximum atomic E-state index is 12.6. The van der Waals surface area contributed by atoms with Crippen LogP contribution >= 0.6 is 11.3 Å². The SMILES string of the molecule is COc1cc(C#N)ccc1C1C(C(N)=O)=C(C)Nc2c(C)cnc(OCc3ccc(C)s3)c21. The molecule has 1 unspecified atom stereocenters. The summed E-state index contributed by atoms with van der Waals surface area (Å²) in [5.74, 6) is -0.228. The molecule has 3 heterocycles. The number of carbonyl (C=O) groups is 1. The van der Waals surface area contributed by atoms with E-state index in [2.05, 4.69) is 16.4 Å². The van der Waals surface area contributed by atoms with Crippen LogP contribution in [-0.2, 0) is 11.4 Å². The molecule has 3 aromatic rings. The van der Waals surface area contributed by atoms with Gasteiger partial charge in [0.15, 0.2) is 0 Å². The van der Waals surface area contributed by atoms with Crippen molar-refractivity contribution in [3.05, 3.63) is 79.8 Å². The molecule has 0 saturated carbocycles. The highest BCUT2D eigenvalue weighted by Gasteiger charge is 2.37. The first-order valence-corrected chi connectivity index (χ1v) is 11.2. The van der Waals surface area contributed by atoms with E-state index in [4.69, 9.17) is 15.2 Å². The summed E-state index contributed by atoms with van der Waals surface area (Å²) in [4.78, 5) is 19.5. The third kappa shape index (κ3) is 4.15. The Kier molecular flexibility index (Phi) is 6.07. The summed E-state index contributed by atoms with van der Waals surface area (Å²) < 4.78 is 11.8. The van der Waals surface area contributed by atoms with Gasteiger partial charge in [-0.15, -0.1) is 11.3 Å². The minimum Gasteiger partial charge on any atom is -0.496 e. The highest BCUT2D eigenvalue weighted by Crippen LogP contribution is 2.49. The van der Waals surface area contributed by atoms with Crippen LogP contribution in [0, 0.1) is 25.2 Å². The van der Waals surface area contributed by atoms with Gasteiger partial charge in [-0.2, -0.15) is 5.26 Å². The first kappa shape index (κ1) is 22.4. The van der Waals surface area contributed by atoms with Gasteiger partial charge in [-0.1, -0.05) is 6.07 Å². The number of aromatic nitrogens is 1. The average molecular weight is 461 g/mol. The van der Waals surface area contributed by atoms with Crippen LogP contribution in [0.25, 0.3) is 0 Å². The monoisotopic (exact) mass is 460 g/mol. The summed E-state index contributed by atoms with van der Waals surface area (Å²) in [7, 11) is 1.54. The largest absolute Gasteiger partial charge is 0.496 e. The van der Waals surface area contributed by atoms with Gasteiger partial charge >= 0.3 is 0 Å². The molecule has 1 aliphatic heterocycles. The van der Waals surface area contributed by atoms with Gasteiger partial charge in [0.1, 0.15) is 12.4 Å². The average Bonchev–Trinajstić information content (AvgIpc) is 3.22. The Hall–Kier alpha value is -3.83. The number of hydrogen-bond donors (Lipinski definition) is 2. The van der Waals surface area contributed by atoms with E-state index in [1.54, 1.807) is 35.7 Å². The number of thiophene rings is 1. The van der Waals surface area contributed by atoms with Crippen LogP contribution in [-0.4, -0.2) is 18.0 Å². The fourth-order valence-electron chi connectivity index (χ4n) is 4.13. The van der Waals surface area contributed by atoms with Crippen molar-refractivity contribution < 1.29 is 14.3 Å². The van der Waals surface area contributed by atoms with Crippen molar-refractivity contribution in [2.45, 2.75) is 33.3 Å². The molecule has 0 saturated heterocycles. The van der Waals surface area contributed by atoms with Crippen molar-refractivity contribution in [3.63, 3.8) is 0 Å². The van der Waals surface area contributed by atoms with Crippen molar-refractivity contribution in [1.82, 2.24) is 4.98 Å². The number of hydrogen-bond acceptors (Lipinski definition) is 7. The Morgan fingerprint density at radius 3 is 2.70 bits per heavy atom. The summed E-state index contributed by atoms with van der Waals surface area (Å²) >= 11 is 1.66. The van der Waals surface area contributed by atoms with Crippen LogP contribution in [0.1, 0.15) is 44.8 Å². The van der Waals surface area contributed by atoms with Gasteiger partial charge in [0.25, 0.3) is 0 Å². The Bertz CT molecular complexity index is 1320. The van der Waals surface area contributed by atoms with Crippen LogP contribution in [0.15, 0.2) is 47.8 Å². The Morgan fingerprint density at radius 1 is 1.27 bits per heavy atom. The van der Waals surface area contributed by atoms with E-state index >= 15 is 0 Å². The molecule has 0 bridgehead atoms. The van der Waals surface area contributed by atoms with E-state index in [0.717, 1.165) is 16.1 Å². The quantitative estimate of drug-likeness (QED) is 0.559. The zero-order valence-electron chi connectivity index (χ0n) is 18.9. The van der Waals surface area contributed by atoms with Gasteiger partial charge in [0.2, 0.25) is 11.8 Å². The van der Waals surface area contributed by atoms with Crippen molar-refractivity contribution in [1.29, 1.82) is 5.26 Å². The first-order chi connectivity index (χ1) is 15.8. The molecule has 1 atom stereocenters. The first-order valence-electron chi connectivity index (χ1n) is 10.4. The normalized spacial score (nSPS) is 14.8. The van der Waals surface area contributed by atoms with Crippen LogP contribution in [0.5, 0.6) is 11.6 Å². The second-order valence-electron chi connectivity index (χ2n) is 7.87. The van der Waals surface area contributed by atoms with Gasteiger partial charge in [-0.05, 0) is 50.6 Å². The number of nitrogens with two attached hydrogens (primary N) is 1. The van der Waals surface area contributed by atoms with Gasteiger partial charge < -0.3 is 20.5 Å². The third-order valence-corrected chi connectivity index (χ3v) is 6.62. The molecule has 0 aliphatic carbocycles. The Morgan fingerprint density at radius 2 is 2.06 bits per heavy atom. The summed E-state index contributed by atoms with van der Waals surface area (Å²) in [6.07, 6.45) is 1.75. The van der Waals surface area contributed by atoms with Crippen molar-refractivity contribution in [3.8, 4) is 17.7 Å². The van der Waals surface area contributed by atoms with Crippen LogP contribution < -0.4 is 20.5 Å². The number of fused-ring (bicyclic) bond motifs is 1. The van der Waals surface area contributed by atoms with Crippen LogP contribution in [0.3, 0.4) is 0 Å². The maximum absolute atomic E-state index is 12.6. The lowest BCUT2D eigenvalue weighted by molar-refractivity contribution is -0.114. The van der Waals surface area contributed by atoms with Crippen molar-refractivity contribution >= 4 is 22.9 Å². The zero-order chi connectivity index (χ0) is 23.7. The predicted octanol–water partition coefficient (Wildman–Crippen LogP) is 4.54. The highest BCUT2D eigenvalue weighted by molar-refractivity contribution is 7.11. The number of benzene rings is 1. The molecule has 4 rings (SSSR count). The second-order valence-corrected chi connectivity index (χ2v) is 9.24. The molecule has 0 fully saturated rings. The number of nitrogens with one attached hydrogen (secondary N) is 1. The molecule has 1 aromatic carbocycles. The number of anilines is 1. The summed E-state index contributed by atoms with van der Waals surface area (Å²) in [5.41, 5.74) is 10.5.